The van der Waals surface area contributed by atoms with E-state index in [1.165, 1.54) is 73.9 Å². The van der Waals surface area contributed by atoms with Gasteiger partial charge in [0, 0.05) is 29.6 Å². The molecule has 2 heterocycles. The van der Waals surface area contributed by atoms with Crippen LogP contribution in [0.4, 0.5) is 5.82 Å². The van der Waals surface area contributed by atoms with Gasteiger partial charge >= 0.3 is 0 Å². The van der Waals surface area contributed by atoms with Crippen molar-refractivity contribution in [3.05, 3.63) is 30.0 Å². The molecule has 0 bridgehead atoms. The summed E-state index contributed by atoms with van der Waals surface area (Å²) in [5.74, 6) is 2.17. The predicted octanol–water partition coefficient (Wildman–Crippen LogP) is 5.14. The van der Waals surface area contributed by atoms with Crippen molar-refractivity contribution in [2.45, 2.75) is 52.4 Å². The van der Waals surface area contributed by atoms with Crippen molar-refractivity contribution in [2.75, 3.05) is 18.0 Å². The topological polar surface area (TPSA) is 19.0 Å². The molecule has 1 N–H and O–H groups in total. The number of nitrogens with zero attached hydrogens (tertiary/aromatic N) is 1. The highest BCUT2D eigenvalue weighted by molar-refractivity contribution is 5.95. The Balaban J connectivity index is 1.90. The van der Waals surface area contributed by atoms with Crippen LogP contribution in [0.5, 0.6) is 0 Å². The number of aromatic amines is 1. The van der Waals surface area contributed by atoms with Crippen molar-refractivity contribution in [3.63, 3.8) is 0 Å². The van der Waals surface area contributed by atoms with Crippen LogP contribution in [0.1, 0.15) is 51.6 Å². The largest absolute Gasteiger partial charge is 0.357 e. The Labute approximate surface area is 128 Å². The van der Waals surface area contributed by atoms with E-state index in [-0.39, 0.29) is 0 Å². The maximum atomic E-state index is 3.76. The van der Waals surface area contributed by atoms with E-state index < -0.39 is 0 Å². The van der Waals surface area contributed by atoms with Crippen LogP contribution in [0.25, 0.3) is 10.8 Å². The summed E-state index contributed by atoms with van der Waals surface area (Å²) in [6.45, 7) is 7.04. The Morgan fingerprint density at radius 1 is 1.19 bits per heavy atom. The Morgan fingerprint density at radius 3 is 2.76 bits per heavy atom. The molecule has 1 unspecified atom stereocenters. The number of piperidine rings is 1. The van der Waals surface area contributed by atoms with Gasteiger partial charge in [0.15, 0.2) is 0 Å². The molecular formula is C19H28N2. The highest BCUT2D eigenvalue weighted by atomic mass is 15.2. The van der Waals surface area contributed by atoms with Crippen molar-refractivity contribution >= 4 is 16.6 Å². The predicted molar refractivity (Wildman–Crippen MR) is 92.1 cm³/mol. The monoisotopic (exact) mass is 284 g/mol. The first-order chi connectivity index (χ1) is 10.3. The van der Waals surface area contributed by atoms with E-state index in [0.29, 0.717) is 0 Å². The summed E-state index contributed by atoms with van der Waals surface area (Å²) in [5.41, 5.74) is 1.44. The van der Waals surface area contributed by atoms with Gasteiger partial charge in [-0.2, -0.15) is 0 Å². The number of rotatable bonds is 5. The van der Waals surface area contributed by atoms with Gasteiger partial charge in [0.05, 0.1) is 0 Å². The SMILES string of the molecule is CCCCCc1[nH]c(N2CCCC(C)C2)c2ccccc12. The molecule has 2 nitrogen and oxygen atoms in total. The third-order valence-corrected chi connectivity index (χ3v) is 4.78. The van der Waals surface area contributed by atoms with Gasteiger partial charge in [-0.15, -0.1) is 0 Å². The minimum Gasteiger partial charge on any atom is -0.357 e. The molecule has 2 aromatic rings. The van der Waals surface area contributed by atoms with Crippen LogP contribution in [0.2, 0.25) is 0 Å². The number of H-pyrrole nitrogens is 1. The van der Waals surface area contributed by atoms with Gasteiger partial charge in [-0.1, -0.05) is 51.0 Å². The molecule has 1 aliphatic rings. The van der Waals surface area contributed by atoms with E-state index in [1.54, 1.807) is 0 Å². The fraction of sp³-hybridized carbons (Fsp3) is 0.579. The van der Waals surface area contributed by atoms with E-state index in [2.05, 4.69) is 48.0 Å². The standard InChI is InChI=1S/C19H28N2/c1-3-4-5-12-18-16-10-6-7-11-17(16)19(20-18)21-13-8-9-15(2)14-21/h6-7,10-11,15,20H,3-5,8-9,12-14H2,1-2H3. The Morgan fingerprint density at radius 2 is 2.00 bits per heavy atom. The van der Waals surface area contributed by atoms with Gasteiger partial charge in [0.1, 0.15) is 5.82 Å². The zero-order valence-electron chi connectivity index (χ0n) is 13.5. The average molecular weight is 284 g/mol. The number of hydrogen-bond donors (Lipinski definition) is 1. The second-order valence-electron chi connectivity index (χ2n) is 6.65. The molecule has 1 aromatic heterocycles. The molecule has 1 aliphatic heterocycles. The summed E-state index contributed by atoms with van der Waals surface area (Å²) in [6.07, 6.45) is 7.77. The van der Waals surface area contributed by atoms with Gasteiger partial charge < -0.3 is 9.88 Å². The first kappa shape index (κ1) is 14.5. The quantitative estimate of drug-likeness (QED) is 0.753. The molecule has 1 fully saturated rings. The van der Waals surface area contributed by atoms with E-state index in [9.17, 15) is 0 Å². The number of fused-ring (bicyclic) bond motifs is 1. The smallest absolute Gasteiger partial charge is 0.114 e. The molecule has 21 heavy (non-hydrogen) atoms. The van der Waals surface area contributed by atoms with Crippen LogP contribution < -0.4 is 4.90 Å². The van der Waals surface area contributed by atoms with Gasteiger partial charge in [-0.3, -0.25) is 0 Å². The highest BCUT2D eigenvalue weighted by Crippen LogP contribution is 2.32. The minimum atomic E-state index is 0.810. The number of aryl methyl sites for hydroxylation is 1. The minimum absolute atomic E-state index is 0.810. The number of unbranched alkanes of at least 4 members (excludes halogenated alkanes) is 2. The van der Waals surface area contributed by atoms with Crippen LogP contribution in [0.3, 0.4) is 0 Å². The summed E-state index contributed by atoms with van der Waals surface area (Å²) in [5, 5.41) is 2.85. The molecule has 0 spiro atoms. The van der Waals surface area contributed by atoms with E-state index in [0.717, 1.165) is 5.92 Å². The van der Waals surface area contributed by atoms with Crippen molar-refractivity contribution < 1.29 is 0 Å². The Hall–Kier alpha value is -1.44. The average Bonchev–Trinajstić information content (AvgIpc) is 2.87. The normalized spacial score (nSPS) is 19.3. The molecular weight excluding hydrogens is 256 g/mol. The Kier molecular flexibility index (Phi) is 4.52. The number of benzene rings is 1. The Bertz CT molecular complexity index is 584. The van der Waals surface area contributed by atoms with Crippen molar-refractivity contribution in [1.29, 1.82) is 0 Å². The lowest BCUT2D eigenvalue weighted by atomic mass is 10.00. The van der Waals surface area contributed by atoms with E-state index in [4.69, 9.17) is 0 Å². The van der Waals surface area contributed by atoms with Crippen LogP contribution >= 0.6 is 0 Å². The maximum Gasteiger partial charge on any atom is 0.114 e. The summed E-state index contributed by atoms with van der Waals surface area (Å²) in [4.78, 5) is 6.33. The van der Waals surface area contributed by atoms with E-state index in [1.807, 2.05) is 0 Å². The number of aromatic nitrogens is 1. The number of anilines is 1. The third kappa shape index (κ3) is 3.09. The fourth-order valence-electron chi connectivity index (χ4n) is 3.62. The lowest BCUT2D eigenvalue weighted by Crippen LogP contribution is -2.34. The zero-order chi connectivity index (χ0) is 14.7. The maximum absolute atomic E-state index is 3.76. The highest BCUT2D eigenvalue weighted by Gasteiger charge is 2.20. The first-order valence-electron chi connectivity index (χ1n) is 8.64. The molecule has 0 aliphatic carbocycles. The zero-order valence-corrected chi connectivity index (χ0v) is 13.5. The summed E-state index contributed by atoms with van der Waals surface area (Å²) < 4.78 is 0. The van der Waals surface area contributed by atoms with Gasteiger partial charge in [-0.25, -0.2) is 0 Å². The second kappa shape index (κ2) is 6.55. The molecule has 1 atom stereocenters. The third-order valence-electron chi connectivity index (χ3n) is 4.78. The molecule has 1 aromatic carbocycles. The van der Waals surface area contributed by atoms with Crippen molar-refractivity contribution in [1.82, 2.24) is 4.98 Å². The molecule has 0 radical (unpaired) electrons. The van der Waals surface area contributed by atoms with E-state index >= 15 is 0 Å². The van der Waals surface area contributed by atoms with Gasteiger partial charge in [0.2, 0.25) is 0 Å². The van der Waals surface area contributed by atoms with Crippen LogP contribution in [-0.2, 0) is 6.42 Å². The lowest BCUT2D eigenvalue weighted by molar-refractivity contribution is 0.445. The van der Waals surface area contributed by atoms with Crippen molar-refractivity contribution in [2.24, 2.45) is 5.92 Å². The number of hydrogen-bond acceptors (Lipinski definition) is 1. The number of nitrogens with one attached hydrogen (secondary N) is 1. The second-order valence-corrected chi connectivity index (χ2v) is 6.65. The fourth-order valence-corrected chi connectivity index (χ4v) is 3.62. The molecule has 1 saturated heterocycles. The van der Waals surface area contributed by atoms with Crippen LogP contribution in [0.15, 0.2) is 24.3 Å². The van der Waals surface area contributed by atoms with Crippen LogP contribution in [0, 0.1) is 5.92 Å². The molecule has 2 heteroatoms. The van der Waals surface area contributed by atoms with Gasteiger partial charge in [-0.05, 0) is 31.6 Å². The first-order valence-corrected chi connectivity index (χ1v) is 8.64. The summed E-state index contributed by atoms with van der Waals surface area (Å²) in [6, 6.07) is 8.90. The molecule has 0 saturated carbocycles. The van der Waals surface area contributed by atoms with Gasteiger partial charge in [0.25, 0.3) is 0 Å². The van der Waals surface area contributed by atoms with Crippen LogP contribution in [-0.4, -0.2) is 18.1 Å². The van der Waals surface area contributed by atoms with Crippen molar-refractivity contribution in [3.8, 4) is 0 Å². The molecule has 3 rings (SSSR count). The summed E-state index contributed by atoms with van der Waals surface area (Å²) >= 11 is 0. The lowest BCUT2D eigenvalue weighted by Gasteiger charge is -2.32. The summed E-state index contributed by atoms with van der Waals surface area (Å²) in [7, 11) is 0. The molecule has 0 amide bonds. The molecule has 114 valence electrons.